The Morgan fingerprint density at radius 2 is 1.79 bits per heavy atom. The summed E-state index contributed by atoms with van der Waals surface area (Å²) in [7, 11) is -3.74. The van der Waals surface area contributed by atoms with Crippen LogP contribution >= 0.6 is 11.3 Å². The first-order chi connectivity index (χ1) is 13.5. The lowest BCUT2D eigenvalue weighted by atomic mass is 10.1. The second-order valence-corrected chi connectivity index (χ2v) is 8.41. The maximum atomic E-state index is 12.4. The molecule has 0 bridgehead atoms. The van der Waals surface area contributed by atoms with Gasteiger partial charge < -0.3 is 5.11 Å². The minimum Gasteiger partial charge on any atom is -0.506 e. The number of Topliss-reactive ketones (excluding diaryl/α,β-unsaturated/α-hetero) is 1. The van der Waals surface area contributed by atoms with E-state index in [2.05, 4.69) is 14.7 Å². The summed E-state index contributed by atoms with van der Waals surface area (Å²) in [6.07, 6.45) is 2.79. The van der Waals surface area contributed by atoms with Gasteiger partial charge in [0, 0.05) is 28.9 Å². The fourth-order valence-electron chi connectivity index (χ4n) is 2.70. The molecule has 0 aliphatic heterocycles. The van der Waals surface area contributed by atoms with E-state index < -0.39 is 10.0 Å². The maximum absolute atomic E-state index is 12.4. The molecule has 7 nitrogen and oxygen atoms in total. The number of rotatable bonds is 5. The predicted octanol–water partition coefficient (Wildman–Crippen LogP) is 3.81. The van der Waals surface area contributed by atoms with Crippen molar-refractivity contribution in [1.29, 1.82) is 0 Å². The molecule has 140 valence electrons. The summed E-state index contributed by atoms with van der Waals surface area (Å²) >= 11 is 1.18. The van der Waals surface area contributed by atoms with Gasteiger partial charge in [0.1, 0.15) is 5.76 Å². The van der Waals surface area contributed by atoms with Crippen LogP contribution in [-0.4, -0.2) is 30.5 Å². The molecule has 1 aromatic heterocycles. The minimum atomic E-state index is -3.74. The largest absolute Gasteiger partial charge is 0.506 e. The maximum Gasteiger partial charge on any atom is 0.263 e. The van der Waals surface area contributed by atoms with Crippen molar-refractivity contribution in [3.8, 4) is 0 Å². The molecule has 28 heavy (non-hydrogen) atoms. The van der Waals surface area contributed by atoms with Crippen molar-refractivity contribution in [3.63, 3.8) is 0 Å². The molecular formula is C19H13N3O4S2. The molecule has 9 heteroatoms. The van der Waals surface area contributed by atoms with Gasteiger partial charge in [-0.05, 0) is 24.3 Å². The van der Waals surface area contributed by atoms with Gasteiger partial charge in [0.25, 0.3) is 10.0 Å². The van der Waals surface area contributed by atoms with Gasteiger partial charge in [0.05, 0.1) is 16.2 Å². The first kappa shape index (κ1) is 18.1. The number of carbonyl (C=O) groups is 1. The van der Waals surface area contributed by atoms with Gasteiger partial charge >= 0.3 is 0 Å². The van der Waals surface area contributed by atoms with Crippen LogP contribution in [0.25, 0.3) is 5.76 Å². The molecule has 2 aromatic carbocycles. The first-order valence-electron chi connectivity index (χ1n) is 8.09. The third-order valence-electron chi connectivity index (χ3n) is 4.07. The van der Waals surface area contributed by atoms with Crippen molar-refractivity contribution in [3.05, 3.63) is 76.8 Å². The third-order valence-corrected chi connectivity index (χ3v) is 6.24. The van der Waals surface area contributed by atoms with Crippen LogP contribution in [0.15, 0.2) is 75.6 Å². The van der Waals surface area contributed by atoms with E-state index in [0.717, 1.165) is 0 Å². The summed E-state index contributed by atoms with van der Waals surface area (Å²) in [4.78, 5) is 20.5. The van der Waals surface area contributed by atoms with Gasteiger partial charge in [-0.1, -0.05) is 24.3 Å². The predicted molar refractivity (Wildman–Crippen MR) is 108 cm³/mol. The van der Waals surface area contributed by atoms with E-state index in [1.807, 2.05) is 0 Å². The summed E-state index contributed by atoms with van der Waals surface area (Å²) < 4.78 is 27.0. The first-order valence-corrected chi connectivity index (χ1v) is 10.5. The van der Waals surface area contributed by atoms with Crippen LogP contribution < -0.4 is 4.72 Å². The second-order valence-electron chi connectivity index (χ2n) is 5.83. The lowest BCUT2D eigenvalue weighted by molar-refractivity contribution is 0.104. The fourth-order valence-corrected chi connectivity index (χ4v) is 4.49. The molecule has 3 aromatic rings. The van der Waals surface area contributed by atoms with Crippen LogP contribution in [0.3, 0.4) is 0 Å². The van der Waals surface area contributed by atoms with Gasteiger partial charge in [0.2, 0.25) is 0 Å². The van der Waals surface area contributed by atoms with E-state index in [0.29, 0.717) is 16.8 Å². The number of aliphatic hydroxyl groups is 1. The summed E-state index contributed by atoms with van der Waals surface area (Å²) in [5.74, 6) is -0.417. The SMILES string of the molecule is O=C1C(C=Nc2ccc(S(=O)(=O)Nc3nccs3)cc2)=C(O)c2ccccc21. The third kappa shape index (κ3) is 3.32. The van der Waals surface area contributed by atoms with Crippen LogP contribution in [0, 0.1) is 0 Å². The number of aliphatic imine (C=N–C) groups is 1. The second kappa shape index (κ2) is 7.02. The van der Waals surface area contributed by atoms with Crippen molar-refractivity contribution in [2.45, 2.75) is 4.90 Å². The van der Waals surface area contributed by atoms with Gasteiger partial charge in [-0.15, -0.1) is 11.3 Å². The monoisotopic (exact) mass is 411 g/mol. The number of thiazole rings is 1. The highest BCUT2D eigenvalue weighted by Gasteiger charge is 2.27. The highest BCUT2D eigenvalue weighted by molar-refractivity contribution is 7.93. The fraction of sp³-hybridized carbons (Fsp3) is 0. The summed E-state index contributed by atoms with van der Waals surface area (Å²) in [5.41, 5.74) is 1.44. The summed E-state index contributed by atoms with van der Waals surface area (Å²) in [6, 6.07) is 12.6. The van der Waals surface area contributed by atoms with Gasteiger partial charge in [0.15, 0.2) is 10.9 Å². The number of nitrogens with one attached hydrogen (secondary N) is 1. The van der Waals surface area contributed by atoms with Crippen LogP contribution in [0.2, 0.25) is 0 Å². The Kier molecular flexibility index (Phi) is 4.54. The van der Waals surface area contributed by atoms with Gasteiger partial charge in [-0.2, -0.15) is 0 Å². The molecule has 0 fully saturated rings. The number of sulfonamides is 1. The molecule has 0 saturated carbocycles. The number of ketones is 1. The highest BCUT2D eigenvalue weighted by atomic mass is 32.2. The van der Waals surface area contributed by atoms with E-state index in [9.17, 15) is 18.3 Å². The zero-order valence-electron chi connectivity index (χ0n) is 14.2. The minimum absolute atomic E-state index is 0.0630. The standard InChI is InChI=1S/C19H13N3O4S2/c23-17-14-3-1-2-4-15(14)18(24)16(17)11-21-12-5-7-13(8-6-12)28(25,26)22-19-20-9-10-27-19/h1-11,23H,(H,20,22). The van der Waals surface area contributed by atoms with Crippen LogP contribution in [-0.2, 0) is 10.0 Å². The molecule has 0 spiro atoms. The summed E-state index contributed by atoms with van der Waals surface area (Å²) in [6.45, 7) is 0. The van der Waals surface area contributed by atoms with E-state index in [1.165, 1.54) is 48.0 Å². The Hall–Kier alpha value is -3.30. The van der Waals surface area contributed by atoms with Gasteiger partial charge in [-0.3, -0.25) is 14.5 Å². The zero-order valence-corrected chi connectivity index (χ0v) is 15.9. The van der Waals surface area contributed by atoms with Crippen molar-refractivity contribution >= 4 is 49.9 Å². The molecule has 2 N–H and O–H groups in total. The highest BCUT2D eigenvalue weighted by Crippen LogP contribution is 2.30. The van der Waals surface area contributed by atoms with Crippen LogP contribution in [0.4, 0.5) is 10.8 Å². The number of nitrogens with zero attached hydrogens (tertiary/aromatic N) is 2. The van der Waals surface area contributed by atoms with Crippen LogP contribution in [0.1, 0.15) is 15.9 Å². The molecule has 1 aliphatic carbocycles. The summed E-state index contributed by atoms with van der Waals surface area (Å²) in [5, 5.41) is 12.2. The van der Waals surface area contributed by atoms with Crippen molar-refractivity contribution in [2.24, 2.45) is 4.99 Å². The normalized spacial score (nSPS) is 13.9. The molecule has 1 heterocycles. The molecule has 4 rings (SSSR count). The molecule has 0 amide bonds. The number of aliphatic hydroxyl groups excluding tert-OH is 1. The van der Waals surface area contributed by atoms with Crippen molar-refractivity contribution in [1.82, 2.24) is 4.98 Å². The number of fused-ring (bicyclic) bond motifs is 1. The van der Waals surface area contributed by atoms with E-state index in [4.69, 9.17) is 0 Å². The number of benzene rings is 2. The molecule has 0 unspecified atom stereocenters. The lowest BCUT2D eigenvalue weighted by Crippen LogP contribution is -2.12. The topological polar surface area (TPSA) is 109 Å². The Balaban J connectivity index is 1.54. The Labute approximate surface area is 164 Å². The average molecular weight is 411 g/mol. The Morgan fingerprint density at radius 3 is 2.43 bits per heavy atom. The lowest BCUT2D eigenvalue weighted by Gasteiger charge is -2.05. The Morgan fingerprint density at radius 1 is 1.07 bits per heavy atom. The molecular weight excluding hydrogens is 398 g/mol. The van der Waals surface area contributed by atoms with Gasteiger partial charge in [-0.25, -0.2) is 13.4 Å². The number of carbonyl (C=O) groups excluding carboxylic acids is 1. The molecule has 0 saturated heterocycles. The molecule has 0 radical (unpaired) electrons. The number of allylic oxidation sites excluding steroid dienone is 1. The number of hydrogen-bond acceptors (Lipinski definition) is 7. The Bertz CT molecular complexity index is 1210. The van der Waals surface area contributed by atoms with E-state index in [1.54, 1.807) is 29.6 Å². The number of hydrogen-bond donors (Lipinski definition) is 2. The quantitative estimate of drug-likeness (QED) is 0.621. The number of anilines is 1. The van der Waals surface area contributed by atoms with Crippen molar-refractivity contribution in [2.75, 3.05) is 4.72 Å². The number of aromatic nitrogens is 1. The van der Waals surface area contributed by atoms with E-state index >= 15 is 0 Å². The smallest absolute Gasteiger partial charge is 0.263 e. The van der Waals surface area contributed by atoms with Crippen molar-refractivity contribution < 1.29 is 18.3 Å². The molecule has 1 aliphatic rings. The molecule has 0 atom stereocenters. The zero-order chi connectivity index (χ0) is 19.7. The van der Waals surface area contributed by atoms with Crippen LogP contribution in [0.5, 0.6) is 0 Å². The average Bonchev–Trinajstić information content (AvgIpc) is 3.28. The van der Waals surface area contributed by atoms with E-state index in [-0.39, 0.29) is 27.1 Å².